The molecular formula is C9H16O4. The van der Waals surface area contributed by atoms with E-state index >= 15 is 0 Å². The van der Waals surface area contributed by atoms with Crippen LogP contribution in [0, 0.1) is 0 Å². The van der Waals surface area contributed by atoms with E-state index in [1.807, 2.05) is 6.92 Å². The summed E-state index contributed by atoms with van der Waals surface area (Å²) < 4.78 is 10.2. The summed E-state index contributed by atoms with van der Waals surface area (Å²) >= 11 is 0. The number of carboxylic acid groups (broad SMARTS) is 1. The number of ether oxygens (including phenoxy) is 2. The Morgan fingerprint density at radius 2 is 2.00 bits per heavy atom. The quantitative estimate of drug-likeness (QED) is 0.479. The van der Waals surface area contributed by atoms with Crippen LogP contribution in [0.25, 0.3) is 0 Å². The van der Waals surface area contributed by atoms with Crippen LogP contribution in [0.4, 0.5) is 0 Å². The summed E-state index contributed by atoms with van der Waals surface area (Å²) in [5, 5.41) is 8.37. The Balaban J connectivity index is 3.37. The smallest absolute Gasteiger partial charge is 0.328 e. The van der Waals surface area contributed by atoms with Crippen LogP contribution >= 0.6 is 0 Å². The van der Waals surface area contributed by atoms with Crippen molar-refractivity contribution in [2.24, 2.45) is 0 Å². The Morgan fingerprint density at radius 3 is 2.54 bits per heavy atom. The highest BCUT2D eigenvalue weighted by atomic mass is 16.5. The minimum absolute atomic E-state index is 0.347. The first-order valence-electron chi connectivity index (χ1n) is 4.22. The zero-order chi connectivity index (χ0) is 10.1. The van der Waals surface area contributed by atoms with Crippen molar-refractivity contribution in [2.45, 2.75) is 13.8 Å². The summed E-state index contributed by atoms with van der Waals surface area (Å²) in [6, 6.07) is 0. The number of hydrogen-bond donors (Lipinski definition) is 1. The minimum atomic E-state index is -0.939. The first kappa shape index (κ1) is 12.1. The second-order valence-corrected chi connectivity index (χ2v) is 2.58. The highest BCUT2D eigenvalue weighted by Gasteiger charge is 1.94. The van der Waals surface area contributed by atoms with E-state index in [0.717, 1.165) is 6.08 Å². The van der Waals surface area contributed by atoms with Gasteiger partial charge in [0.2, 0.25) is 0 Å². The van der Waals surface area contributed by atoms with E-state index < -0.39 is 5.97 Å². The molecular weight excluding hydrogens is 172 g/mol. The zero-order valence-corrected chi connectivity index (χ0v) is 8.08. The van der Waals surface area contributed by atoms with Crippen LogP contribution in [0.3, 0.4) is 0 Å². The molecule has 0 spiro atoms. The number of aliphatic carboxylic acids is 1. The molecule has 0 saturated heterocycles. The lowest BCUT2D eigenvalue weighted by molar-refractivity contribution is -0.131. The van der Waals surface area contributed by atoms with E-state index in [1.165, 1.54) is 0 Å². The Labute approximate surface area is 78.2 Å². The summed E-state index contributed by atoms with van der Waals surface area (Å²) in [5.74, 6) is -0.939. The van der Waals surface area contributed by atoms with Gasteiger partial charge in [0, 0.05) is 12.7 Å². The van der Waals surface area contributed by atoms with Gasteiger partial charge in [-0.05, 0) is 19.4 Å². The summed E-state index contributed by atoms with van der Waals surface area (Å²) in [6.07, 6.45) is 1.14. The van der Waals surface area contributed by atoms with Crippen molar-refractivity contribution in [3.63, 3.8) is 0 Å². The Hall–Kier alpha value is -0.870. The lowest BCUT2D eigenvalue weighted by Gasteiger charge is -2.03. The standard InChI is InChI=1S/C9H16O4/c1-3-12-4-5-13-7-8(2)6-9(10)11/h6H,3-5,7H2,1-2H3,(H,10,11). The molecule has 1 N–H and O–H groups in total. The van der Waals surface area contributed by atoms with Gasteiger partial charge in [-0.1, -0.05) is 0 Å². The highest BCUT2D eigenvalue weighted by Crippen LogP contribution is 1.93. The summed E-state index contributed by atoms with van der Waals surface area (Å²) in [4.78, 5) is 10.2. The molecule has 0 aromatic rings. The maximum absolute atomic E-state index is 10.2. The molecule has 0 bridgehead atoms. The minimum Gasteiger partial charge on any atom is -0.478 e. The fourth-order valence-corrected chi connectivity index (χ4v) is 0.748. The number of hydrogen-bond acceptors (Lipinski definition) is 3. The number of carbonyl (C=O) groups is 1. The van der Waals surface area contributed by atoms with Crippen LogP contribution in [0.1, 0.15) is 13.8 Å². The molecule has 0 aliphatic carbocycles. The van der Waals surface area contributed by atoms with E-state index in [0.29, 0.717) is 32.0 Å². The number of carboxylic acids is 1. The molecule has 0 rings (SSSR count). The van der Waals surface area contributed by atoms with Crippen LogP contribution in [0.15, 0.2) is 11.6 Å². The molecule has 0 fully saturated rings. The second-order valence-electron chi connectivity index (χ2n) is 2.58. The molecule has 0 saturated carbocycles. The average Bonchev–Trinajstić information content (AvgIpc) is 2.02. The van der Waals surface area contributed by atoms with Crippen molar-refractivity contribution in [1.82, 2.24) is 0 Å². The van der Waals surface area contributed by atoms with Gasteiger partial charge in [-0.3, -0.25) is 0 Å². The molecule has 0 heterocycles. The maximum Gasteiger partial charge on any atom is 0.328 e. The van der Waals surface area contributed by atoms with Crippen molar-refractivity contribution in [1.29, 1.82) is 0 Å². The summed E-state index contributed by atoms with van der Waals surface area (Å²) in [6.45, 7) is 5.70. The SMILES string of the molecule is CCOCCOCC(C)=CC(=O)O. The fourth-order valence-electron chi connectivity index (χ4n) is 0.748. The van der Waals surface area contributed by atoms with Gasteiger partial charge < -0.3 is 14.6 Å². The van der Waals surface area contributed by atoms with Gasteiger partial charge in [-0.25, -0.2) is 4.79 Å². The third kappa shape index (κ3) is 9.04. The Morgan fingerprint density at radius 1 is 1.38 bits per heavy atom. The molecule has 13 heavy (non-hydrogen) atoms. The van der Waals surface area contributed by atoms with Crippen molar-refractivity contribution in [3.8, 4) is 0 Å². The van der Waals surface area contributed by atoms with E-state index in [-0.39, 0.29) is 0 Å². The lowest BCUT2D eigenvalue weighted by Crippen LogP contribution is -2.06. The molecule has 0 atom stereocenters. The van der Waals surface area contributed by atoms with Crippen LogP contribution in [-0.4, -0.2) is 37.5 Å². The normalized spacial score (nSPS) is 11.7. The van der Waals surface area contributed by atoms with Crippen LogP contribution in [0.5, 0.6) is 0 Å². The van der Waals surface area contributed by atoms with Crippen LogP contribution in [0.2, 0.25) is 0 Å². The predicted molar refractivity (Wildman–Crippen MR) is 48.7 cm³/mol. The van der Waals surface area contributed by atoms with E-state index in [4.69, 9.17) is 14.6 Å². The van der Waals surface area contributed by atoms with Gasteiger partial charge in [0.15, 0.2) is 0 Å². The molecule has 0 aromatic carbocycles. The highest BCUT2D eigenvalue weighted by molar-refractivity contribution is 5.80. The molecule has 0 radical (unpaired) electrons. The van der Waals surface area contributed by atoms with Crippen molar-refractivity contribution >= 4 is 5.97 Å². The van der Waals surface area contributed by atoms with Crippen molar-refractivity contribution in [3.05, 3.63) is 11.6 Å². The molecule has 0 unspecified atom stereocenters. The Bertz CT molecular complexity index is 174. The van der Waals surface area contributed by atoms with E-state index in [2.05, 4.69) is 0 Å². The largest absolute Gasteiger partial charge is 0.478 e. The van der Waals surface area contributed by atoms with E-state index in [9.17, 15) is 4.79 Å². The second kappa shape index (κ2) is 7.76. The summed E-state index contributed by atoms with van der Waals surface area (Å²) in [7, 11) is 0. The third-order valence-corrected chi connectivity index (χ3v) is 1.28. The topological polar surface area (TPSA) is 55.8 Å². The van der Waals surface area contributed by atoms with Gasteiger partial charge in [0.05, 0.1) is 19.8 Å². The maximum atomic E-state index is 10.2. The predicted octanol–water partition coefficient (Wildman–Crippen LogP) is 1.07. The molecule has 0 aromatic heterocycles. The van der Waals surface area contributed by atoms with Crippen molar-refractivity contribution < 1.29 is 19.4 Å². The van der Waals surface area contributed by atoms with Gasteiger partial charge in [-0.15, -0.1) is 0 Å². The summed E-state index contributed by atoms with van der Waals surface area (Å²) in [5.41, 5.74) is 0.698. The van der Waals surface area contributed by atoms with Gasteiger partial charge in [0.25, 0.3) is 0 Å². The number of rotatable bonds is 7. The lowest BCUT2D eigenvalue weighted by atomic mass is 10.3. The van der Waals surface area contributed by atoms with Crippen LogP contribution in [-0.2, 0) is 14.3 Å². The Kier molecular flexibility index (Phi) is 7.24. The fraction of sp³-hybridized carbons (Fsp3) is 0.667. The zero-order valence-electron chi connectivity index (χ0n) is 8.08. The monoisotopic (exact) mass is 188 g/mol. The first-order valence-corrected chi connectivity index (χ1v) is 4.22. The van der Waals surface area contributed by atoms with E-state index in [1.54, 1.807) is 6.92 Å². The van der Waals surface area contributed by atoms with Gasteiger partial charge >= 0.3 is 5.97 Å². The molecule has 0 aliphatic heterocycles. The molecule has 76 valence electrons. The molecule has 0 amide bonds. The van der Waals surface area contributed by atoms with Gasteiger partial charge in [0.1, 0.15) is 0 Å². The molecule has 0 aliphatic rings. The van der Waals surface area contributed by atoms with Crippen LogP contribution < -0.4 is 0 Å². The first-order chi connectivity index (χ1) is 6.16. The molecule has 4 heteroatoms. The average molecular weight is 188 g/mol. The molecule has 4 nitrogen and oxygen atoms in total. The third-order valence-electron chi connectivity index (χ3n) is 1.28. The van der Waals surface area contributed by atoms with Gasteiger partial charge in [-0.2, -0.15) is 0 Å². The van der Waals surface area contributed by atoms with Crippen molar-refractivity contribution in [2.75, 3.05) is 26.4 Å².